The van der Waals surface area contributed by atoms with Gasteiger partial charge in [-0.1, -0.05) is 47.0 Å². The van der Waals surface area contributed by atoms with E-state index >= 15 is 0 Å². The lowest BCUT2D eigenvalue weighted by molar-refractivity contribution is -0.130. The molecule has 0 radical (unpaired) electrons. The number of hydrogen-bond donors (Lipinski definition) is 3. The molecule has 3 aliphatic rings. The third-order valence-corrected chi connectivity index (χ3v) is 10.0. The van der Waals surface area contributed by atoms with Crippen molar-refractivity contribution in [1.29, 1.82) is 0 Å². The Labute approximate surface area is 186 Å². The van der Waals surface area contributed by atoms with Crippen LogP contribution in [0.3, 0.4) is 0 Å². The summed E-state index contributed by atoms with van der Waals surface area (Å²) in [6.07, 6.45) is 13.2. The van der Waals surface area contributed by atoms with Crippen LogP contribution in [0.15, 0.2) is 0 Å². The van der Waals surface area contributed by atoms with Crippen LogP contribution in [-0.4, -0.2) is 34.1 Å². The highest BCUT2D eigenvalue weighted by molar-refractivity contribution is 5.08. The maximum absolute atomic E-state index is 11.6. The standard InChI is InChI=1S/C27H50O3/c1-5-7-10-21(29)17-20-16-19-13-14-27(4)23(18(3)9-8-15-28)11-12-24(27)25(19)26(30)22(20)6-2/h18-26,28-30H,5-17H2,1-4H3/t18-,19?,20+,21+,22-,23-,24?,25?,26-,27-/m1/s1. The van der Waals surface area contributed by atoms with Gasteiger partial charge in [0.2, 0.25) is 0 Å². The Morgan fingerprint density at radius 2 is 1.83 bits per heavy atom. The maximum Gasteiger partial charge on any atom is 0.0604 e. The first kappa shape index (κ1) is 24.5. The Balaban J connectivity index is 1.72. The van der Waals surface area contributed by atoms with E-state index in [0.29, 0.717) is 47.5 Å². The SMILES string of the molecule is CCCC[C@H](O)C[C@@H]1CC2CC[C@@]3(C)C(CC[C@@H]3[C@H](C)CCCO)C2[C@H](O)[C@@H]1CC. The highest BCUT2D eigenvalue weighted by Crippen LogP contribution is 2.64. The highest BCUT2D eigenvalue weighted by atomic mass is 16.3. The minimum atomic E-state index is -0.190. The molecular formula is C27H50O3. The Bertz CT molecular complexity index is 522. The summed E-state index contributed by atoms with van der Waals surface area (Å²) < 4.78 is 0. The first-order chi connectivity index (χ1) is 14.4. The predicted molar refractivity (Wildman–Crippen MR) is 124 cm³/mol. The van der Waals surface area contributed by atoms with Gasteiger partial charge in [-0.25, -0.2) is 0 Å². The van der Waals surface area contributed by atoms with Crippen LogP contribution in [-0.2, 0) is 0 Å². The third kappa shape index (κ3) is 4.79. The van der Waals surface area contributed by atoms with Crippen molar-refractivity contribution in [3.05, 3.63) is 0 Å². The molecule has 0 aliphatic heterocycles. The van der Waals surface area contributed by atoms with Gasteiger partial charge in [0.05, 0.1) is 12.2 Å². The van der Waals surface area contributed by atoms with Gasteiger partial charge in [-0.05, 0) is 105 Å². The molecule has 3 rings (SSSR count). The van der Waals surface area contributed by atoms with E-state index in [-0.39, 0.29) is 12.2 Å². The lowest BCUT2D eigenvalue weighted by Gasteiger charge is -2.56. The largest absolute Gasteiger partial charge is 0.396 e. The van der Waals surface area contributed by atoms with Crippen molar-refractivity contribution in [2.24, 2.45) is 46.8 Å². The minimum Gasteiger partial charge on any atom is -0.396 e. The van der Waals surface area contributed by atoms with Crippen LogP contribution >= 0.6 is 0 Å². The molecule has 3 heteroatoms. The topological polar surface area (TPSA) is 60.7 Å². The van der Waals surface area contributed by atoms with Crippen molar-refractivity contribution >= 4 is 0 Å². The van der Waals surface area contributed by atoms with E-state index in [2.05, 4.69) is 27.7 Å². The number of hydrogen-bond acceptors (Lipinski definition) is 3. The lowest BCUT2D eigenvalue weighted by Crippen LogP contribution is -2.53. The van der Waals surface area contributed by atoms with E-state index in [1.165, 1.54) is 32.1 Å². The quantitative estimate of drug-likeness (QED) is 0.417. The molecule has 30 heavy (non-hydrogen) atoms. The minimum absolute atomic E-state index is 0.187. The highest BCUT2D eigenvalue weighted by Gasteiger charge is 2.58. The van der Waals surface area contributed by atoms with Gasteiger partial charge < -0.3 is 15.3 Å². The van der Waals surface area contributed by atoms with E-state index in [0.717, 1.165) is 50.9 Å². The van der Waals surface area contributed by atoms with E-state index < -0.39 is 0 Å². The summed E-state index contributed by atoms with van der Waals surface area (Å²) >= 11 is 0. The van der Waals surface area contributed by atoms with Gasteiger partial charge in [0.1, 0.15) is 0 Å². The predicted octanol–water partition coefficient (Wildman–Crippen LogP) is 5.80. The zero-order valence-corrected chi connectivity index (χ0v) is 20.2. The van der Waals surface area contributed by atoms with Crippen molar-refractivity contribution < 1.29 is 15.3 Å². The summed E-state index contributed by atoms with van der Waals surface area (Å²) in [4.78, 5) is 0. The van der Waals surface area contributed by atoms with Crippen LogP contribution in [0.2, 0.25) is 0 Å². The number of fused-ring (bicyclic) bond motifs is 3. The van der Waals surface area contributed by atoms with Gasteiger partial charge in [-0.2, -0.15) is 0 Å². The van der Waals surface area contributed by atoms with E-state index in [1.54, 1.807) is 0 Å². The fraction of sp³-hybridized carbons (Fsp3) is 1.00. The van der Waals surface area contributed by atoms with Gasteiger partial charge in [0.15, 0.2) is 0 Å². The Morgan fingerprint density at radius 1 is 1.07 bits per heavy atom. The maximum atomic E-state index is 11.6. The van der Waals surface area contributed by atoms with Crippen molar-refractivity contribution in [2.45, 2.75) is 117 Å². The molecule has 3 saturated carbocycles. The molecule has 176 valence electrons. The Kier molecular flexibility index (Phi) is 8.72. The van der Waals surface area contributed by atoms with E-state index in [1.807, 2.05) is 0 Å². The first-order valence-electron chi connectivity index (χ1n) is 13.3. The van der Waals surface area contributed by atoms with Crippen molar-refractivity contribution in [2.75, 3.05) is 6.61 Å². The van der Waals surface area contributed by atoms with Crippen molar-refractivity contribution in [3.8, 4) is 0 Å². The molecule has 3 fully saturated rings. The fourth-order valence-corrected chi connectivity index (χ4v) is 8.54. The Morgan fingerprint density at radius 3 is 2.50 bits per heavy atom. The molecule has 3 N–H and O–H groups in total. The van der Waals surface area contributed by atoms with Gasteiger partial charge in [-0.3, -0.25) is 0 Å². The van der Waals surface area contributed by atoms with Crippen LogP contribution in [0.1, 0.15) is 105 Å². The molecule has 0 bridgehead atoms. The van der Waals surface area contributed by atoms with Gasteiger partial charge in [0, 0.05) is 6.61 Å². The summed E-state index contributed by atoms with van der Waals surface area (Å²) in [5.74, 6) is 4.04. The zero-order valence-electron chi connectivity index (χ0n) is 20.2. The Hall–Kier alpha value is -0.120. The lowest BCUT2D eigenvalue weighted by atomic mass is 9.50. The molecule has 3 nitrogen and oxygen atoms in total. The summed E-state index contributed by atoms with van der Waals surface area (Å²) in [6.45, 7) is 9.69. The van der Waals surface area contributed by atoms with Gasteiger partial charge >= 0.3 is 0 Å². The van der Waals surface area contributed by atoms with Crippen LogP contribution in [0.4, 0.5) is 0 Å². The molecule has 3 aliphatic carbocycles. The van der Waals surface area contributed by atoms with E-state index in [4.69, 9.17) is 0 Å². The second-order valence-electron chi connectivity index (χ2n) is 11.6. The van der Waals surface area contributed by atoms with Crippen LogP contribution < -0.4 is 0 Å². The summed E-state index contributed by atoms with van der Waals surface area (Å²) in [6, 6.07) is 0. The number of unbranched alkanes of at least 4 members (excludes halogenated alkanes) is 1. The normalized spacial score (nSPS) is 43.1. The second kappa shape index (κ2) is 10.7. The van der Waals surface area contributed by atoms with Crippen LogP contribution in [0.25, 0.3) is 0 Å². The molecule has 0 aromatic carbocycles. The molecule has 0 aromatic rings. The average molecular weight is 423 g/mol. The molecule has 10 atom stereocenters. The van der Waals surface area contributed by atoms with Gasteiger partial charge in [-0.15, -0.1) is 0 Å². The smallest absolute Gasteiger partial charge is 0.0604 e. The van der Waals surface area contributed by atoms with Gasteiger partial charge in [0.25, 0.3) is 0 Å². The molecule has 0 spiro atoms. The average Bonchev–Trinajstić information content (AvgIpc) is 3.07. The number of aliphatic hydroxyl groups excluding tert-OH is 3. The molecule has 0 heterocycles. The molecule has 0 saturated heterocycles. The summed E-state index contributed by atoms with van der Waals surface area (Å²) in [5.41, 5.74) is 0.364. The fourth-order valence-electron chi connectivity index (χ4n) is 8.54. The van der Waals surface area contributed by atoms with Crippen molar-refractivity contribution in [1.82, 2.24) is 0 Å². The molecule has 0 aromatic heterocycles. The first-order valence-corrected chi connectivity index (χ1v) is 13.3. The summed E-state index contributed by atoms with van der Waals surface area (Å²) in [5, 5.41) is 31.5. The zero-order chi connectivity index (χ0) is 21.9. The number of rotatable bonds is 10. The molecular weight excluding hydrogens is 372 g/mol. The van der Waals surface area contributed by atoms with E-state index in [9.17, 15) is 15.3 Å². The second-order valence-corrected chi connectivity index (χ2v) is 11.6. The number of aliphatic hydroxyl groups is 3. The van der Waals surface area contributed by atoms with Crippen LogP contribution in [0, 0.1) is 46.8 Å². The summed E-state index contributed by atoms with van der Waals surface area (Å²) in [7, 11) is 0. The molecule has 0 amide bonds. The van der Waals surface area contributed by atoms with Crippen molar-refractivity contribution in [3.63, 3.8) is 0 Å². The van der Waals surface area contributed by atoms with Crippen LogP contribution in [0.5, 0.6) is 0 Å². The molecule has 3 unspecified atom stereocenters. The third-order valence-electron chi connectivity index (χ3n) is 10.0. The monoisotopic (exact) mass is 422 g/mol.